The van der Waals surface area contributed by atoms with Crippen LogP contribution < -0.4 is 5.32 Å². The number of fused-ring (bicyclic) bond motifs is 1. The van der Waals surface area contributed by atoms with E-state index < -0.39 is 0 Å². The molecule has 3 rings (SSSR count). The van der Waals surface area contributed by atoms with Crippen LogP contribution in [0.2, 0.25) is 0 Å². The van der Waals surface area contributed by atoms with Crippen molar-refractivity contribution in [2.75, 3.05) is 40.1 Å². The average molecular weight is 393 g/mol. The highest BCUT2D eigenvalue weighted by Gasteiger charge is 2.39. The molecule has 0 bridgehead atoms. The Morgan fingerprint density at radius 3 is 2.82 bits per heavy atom. The zero-order chi connectivity index (χ0) is 20.0. The summed E-state index contributed by atoms with van der Waals surface area (Å²) in [7, 11) is 1.56. The van der Waals surface area contributed by atoms with Crippen molar-refractivity contribution in [3.05, 3.63) is 17.0 Å². The van der Waals surface area contributed by atoms with Crippen LogP contribution in [0.1, 0.15) is 54.4 Å². The van der Waals surface area contributed by atoms with Crippen LogP contribution >= 0.6 is 0 Å². The Morgan fingerprint density at radius 1 is 1.32 bits per heavy atom. The standard InChI is InChI=1S/C20H31N3O5/c1-3-15-18-16(13-20(14-21-19(18)25)6-11-27-12-7-20)23(22-15)8-4-9-28-17(24)5-10-26-2/h3-14H2,1-2H3,(H,21,25). The van der Waals surface area contributed by atoms with Crippen molar-refractivity contribution in [3.63, 3.8) is 0 Å². The minimum absolute atomic E-state index is 0.0209. The average Bonchev–Trinajstić information content (AvgIpc) is 2.98. The molecule has 0 unspecified atom stereocenters. The van der Waals surface area contributed by atoms with Gasteiger partial charge in [-0.25, -0.2) is 0 Å². The minimum atomic E-state index is -0.254. The van der Waals surface area contributed by atoms with E-state index in [1.807, 2.05) is 11.6 Å². The number of methoxy groups -OCH3 is 1. The Hall–Kier alpha value is -1.93. The van der Waals surface area contributed by atoms with E-state index in [4.69, 9.17) is 19.3 Å². The van der Waals surface area contributed by atoms with Gasteiger partial charge in [0.2, 0.25) is 0 Å². The lowest BCUT2D eigenvalue weighted by atomic mass is 9.76. The van der Waals surface area contributed by atoms with Gasteiger partial charge in [-0.2, -0.15) is 5.10 Å². The van der Waals surface area contributed by atoms with E-state index in [1.54, 1.807) is 7.11 Å². The van der Waals surface area contributed by atoms with Crippen molar-refractivity contribution in [3.8, 4) is 0 Å². The molecule has 0 aliphatic carbocycles. The summed E-state index contributed by atoms with van der Waals surface area (Å²) in [4.78, 5) is 24.4. The van der Waals surface area contributed by atoms with E-state index in [-0.39, 0.29) is 23.7 Å². The maximum absolute atomic E-state index is 12.8. The Morgan fingerprint density at radius 2 is 2.11 bits per heavy atom. The predicted molar refractivity (Wildman–Crippen MR) is 102 cm³/mol. The summed E-state index contributed by atoms with van der Waals surface area (Å²) in [5.74, 6) is -0.275. The number of carbonyl (C=O) groups excluding carboxylic acids is 2. The van der Waals surface area contributed by atoms with Gasteiger partial charge < -0.3 is 19.5 Å². The number of esters is 1. The van der Waals surface area contributed by atoms with E-state index >= 15 is 0 Å². The van der Waals surface area contributed by atoms with Crippen molar-refractivity contribution in [1.82, 2.24) is 15.1 Å². The third kappa shape index (κ3) is 4.72. The summed E-state index contributed by atoms with van der Waals surface area (Å²) in [6, 6.07) is 0. The number of carbonyl (C=O) groups is 2. The first-order valence-corrected chi connectivity index (χ1v) is 10.2. The van der Waals surface area contributed by atoms with Gasteiger partial charge in [0.15, 0.2) is 0 Å². The van der Waals surface area contributed by atoms with Crippen molar-refractivity contribution in [2.24, 2.45) is 5.41 Å². The number of ether oxygens (including phenoxy) is 3. The van der Waals surface area contributed by atoms with Crippen LogP contribution in [0.25, 0.3) is 0 Å². The first-order valence-electron chi connectivity index (χ1n) is 10.2. The Kier molecular flexibility index (Phi) is 7.07. The fourth-order valence-electron chi connectivity index (χ4n) is 4.02. The topological polar surface area (TPSA) is 91.7 Å². The van der Waals surface area contributed by atoms with Gasteiger partial charge in [-0.05, 0) is 31.1 Å². The van der Waals surface area contributed by atoms with Crippen LogP contribution in [0.15, 0.2) is 0 Å². The van der Waals surface area contributed by atoms with E-state index in [0.717, 1.165) is 49.4 Å². The van der Waals surface area contributed by atoms with Crippen molar-refractivity contribution in [1.29, 1.82) is 0 Å². The lowest BCUT2D eigenvalue weighted by Gasteiger charge is -2.36. The van der Waals surface area contributed by atoms with Gasteiger partial charge in [0.25, 0.3) is 5.91 Å². The van der Waals surface area contributed by atoms with E-state index in [2.05, 4.69) is 5.32 Å². The van der Waals surface area contributed by atoms with Crippen molar-refractivity contribution >= 4 is 11.9 Å². The summed E-state index contributed by atoms with van der Waals surface area (Å²) >= 11 is 0. The summed E-state index contributed by atoms with van der Waals surface area (Å²) in [6.45, 7) is 5.50. The molecule has 8 heteroatoms. The molecule has 1 aromatic heterocycles. The fourth-order valence-corrected chi connectivity index (χ4v) is 4.02. The number of nitrogens with one attached hydrogen (secondary N) is 1. The molecule has 8 nitrogen and oxygen atoms in total. The van der Waals surface area contributed by atoms with Crippen LogP contribution in [0.3, 0.4) is 0 Å². The van der Waals surface area contributed by atoms with E-state index in [1.165, 1.54) is 0 Å². The molecule has 0 saturated carbocycles. The van der Waals surface area contributed by atoms with Crippen LogP contribution in [-0.4, -0.2) is 61.7 Å². The van der Waals surface area contributed by atoms with Gasteiger partial charge >= 0.3 is 5.97 Å². The molecule has 2 aliphatic rings. The molecule has 1 aromatic rings. The monoisotopic (exact) mass is 393 g/mol. The van der Waals surface area contributed by atoms with Gasteiger partial charge in [0.1, 0.15) is 0 Å². The van der Waals surface area contributed by atoms with Crippen molar-refractivity contribution in [2.45, 2.75) is 52.0 Å². The minimum Gasteiger partial charge on any atom is -0.466 e. The molecule has 1 amide bonds. The lowest BCUT2D eigenvalue weighted by molar-refractivity contribution is -0.144. The highest BCUT2D eigenvalue weighted by Crippen LogP contribution is 2.37. The van der Waals surface area contributed by atoms with Gasteiger partial charge in [0, 0.05) is 39.8 Å². The molecule has 1 fully saturated rings. The first kappa shape index (κ1) is 20.8. The Bertz CT molecular complexity index is 694. The Labute approximate surface area is 165 Å². The normalized spacial score (nSPS) is 18.4. The molecule has 1 N–H and O–H groups in total. The molecule has 1 saturated heterocycles. The Balaban J connectivity index is 1.70. The fraction of sp³-hybridized carbons (Fsp3) is 0.750. The molecule has 0 aromatic carbocycles. The van der Waals surface area contributed by atoms with Gasteiger partial charge in [-0.15, -0.1) is 0 Å². The SMILES string of the molecule is CCc1nn(CCCOC(=O)CCOC)c2c1C(=O)NCC1(CCOCC1)C2. The third-order valence-corrected chi connectivity index (χ3v) is 5.70. The number of nitrogens with zero attached hydrogens (tertiary/aromatic N) is 2. The second kappa shape index (κ2) is 9.52. The number of rotatable bonds is 8. The molecule has 1 spiro atoms. The second-order valence-electron chi connectivity index (χ2n) is 7.63. The smallest absolute Gasteiger partial charge is 0.308 e. The zero-order valence-electron chi connectivity index (χ0n) is 16.9. The van der Waals surface area contributed by atoms with Crippen LogP contribution in [0.5, 0.6) is 0 Å². The lowest BCUT2D eigenvalue weighted by Crippen LogP contribution is -2.40. The predicted octanol–water partition coefficient (Wildman–Crippen LogP) is 1.50. The maximum Gasteiger partial charge on any atom is 0.308 e. The maximum atomic E-state index is 12.8. The molecular weight excluding hydrogens is 362 g/mol. The number of aryl methyl sites for hydroxylation is 2. The zero-order valence-corrected chi connectivity index (χ0v) is 16.9. The van der Waals surface area contributed by atoms with E-state index in [0.29, 0.717) is 39.1 Å². The summed E-state index contributed by atoms with van der Waals surface area (Å²) in [6.07, 6.45) is 4.34. The second-order valence-corrected chi connectivity index (χ2v) is 7.63. The van der Waals surface area contributed by atoms with Crippen molar-refractivity contribution < 1.29 is 23.8 Å². The highest BCUT2D eigenvalue weighted by molar-refractivity contribution is 5.97. The summed E-state index contributed by atoms with van der Waals surface area (Å²) < 4.78 is 17.6. The highest BCUT2D eigenvalue weighted by atomic mass is 16.5. The van der Waals surface area contributed by atoms with Crippen LogP contribution in [-0.2, 0) is 38.4 Å². The first-order chi connectivity index (χ1) is 13.6. The molecule has 156 valence electrons. The molecule has 3 heterocycles. The molecule has 2 aliphatic heterocycles. The van der Waals surface area contributed by atoms with Gasteiger partial charge in [-0.3, -0.25) is 14.3 Å². The number of amides is 1. The summed E-state index contributed by atoms with van der Waals surface area (Å²) in [5, 5.41) is 7.83. The molecule has 28 heavy (non-hydrogen) atoms. The molecule has 0 radical (unpaired) electrons. The number of aromatic nitrogens is 2. The molecule has 0 atom stereocenters. The van der Waals surface area contributed by atoms with Gasteiger partial charge in [0.05, 0.1) is 36.6 Å². The number of hydrogen-bond donors (Lipinski definition) is 1. The number of hydrogen-bond acceptors (Lipinski definition) is 6. The molecular formula is C20H31N3O5. The quantitative estimate of drug-likeness (QED) is 0.532. The third-order valence-electron chi connectivity index (χ3n) is 5.70. The van der Waals surface area contributed by atoms with Gasteiger partial charge in [-0.1, -0.05) is 6.92 Å². The summed E-state index contributed by atoms with van der Waals surface area (Å²) in [5.41, 5.74) is 2.63. The van der Waals surface area contributed by atoms with Crippen LogP contribution in [0, 0.1) is 5.41 Å². The largest absolute Gasteiger partial charge is 0.466 e. The van der Waals surface area contributed by atoms with E-state index in [9.17, 15) is 9.59 Å². The van der Waals surface area contributed by atoms with Crippen LogP contribution in [0.4, 0.5) is 0 Å².